The first kappa shape index (κ1) is 17.2. The summed E-state index contributed by atoms with van der Waals surface area (Å²) >= 11 is 0. The molecular weight excluding hydrogens is 322 g/mol. The highest BCUT2D eigenvalue weighted by Crippen LogP contribution is 2.25. The lowest BCUT2D eigenvalue weighted by Gasteiger charge is -2.41. The second-order valence-corrected chi connectivity index (χ2v) is 6.83. The van der Waals surface area contributed by atoms with E-state index in [0.29, 0.717) is 6.54 Å². The fourth-order valence-electron chi connectivity index (χ4n) is 3.06. The molecule has 1 amide bonds. The third-order valence-electron chi connectivity index (χ3n) is 4.66. The SMILES string of the molecule is CC(C)(CNC(=O)c1ccc([N+](=O)[O-])o1)N1CCc2ccccc2C1. The smallest absolute Gasteiger partial charge is 0.395 e. The molecule has 1 aromatic carbocycles. The maximum Gasteiger partial charge on any atom is 0.433 e. The Morgan fingerprint density at radius 1 is 1.28 bits per heavy atom. The van der Waals surface area contributed by atoms with Crippen molar-refractivity contribution in [1.29, 1.82) is 0 Å². The molecule has 1 N–H and O–H groups in total. The minimum absolute atomic E-state index is 0.0495. The molecule has 0 fully saturated rings. The van der Waals surface area contributed by atoms with Gasteiger partial charge in [-0.15, -0.1) is 0 Å². The third kappa shape index (κ3) is 3.71. The van der Waals surface area contributed by atoms with E-state index < -0.39 is 16.7 Å². The lowest BCUT2D eigenvalue weighted by Crippen LogP contribution is -2.53. The van der Waals surface area contributed by atoms with Gasteiger partial charge in [-0.1, -0.05) is 24.3 Å². The van der Waals surface area contributed by atoms with Gasteiger partial charge in [0.1, 0.15) is 4.92 Å². The van der Waals surface area contributed by atoms with Crippen LogP contribution in [-0.4, -0.2) is 34.4 Å². The van der Waals surface area contributed by atoms with E-state index in [-0.39, 0.29) is 11.3 Å². The Morgan fingerprint density at radius 2 is 2.00 bits per heavy atom. The van der Waals surface area contributed by atoms with Gasteiger partial charge in [-0.05, 0) is 37.5 Å². The Hall–Kier alpha value is -2.67. The van der Waals surface area contributed by atoms with Crippen molar-refractivity contribution in [2.24, 2.45) is 0 Å². The van der Waals surface area contributed by atoms with Crippen LogP contribution >= 0.6 is 0 Å². The number of nitrogens with zero attached hydrogens (tertiary/aromatic N) is 2. The van der Waals surface area contributed by atoms with Crippen LogP contribution in [0.15, 0.2) is 40.8 Å². The second-order valence-electron chi connectivity index (χ2n) is 6.83. The molecule has 0 radical (unpaired) electrons. The van der Waals surface area contributed by atoms with Gasteiger partial charge in [-0.2, -0.15) is 0 Å². The van der Waals surface area contributed by atoms with Crippen LogP contribution in [0.3, 0.4) is 0 Å². The van der Waals surface area contributed by atoms with E-state index in [4.69, 9.17) is 4.42 Å². The Bertz CT molecular complexity index is 797. The Labute approximate surface area is 145 Å². The number of rotatable bonds is 5. The van der Waals surface area contributed by atoms with Crippen LogP contribution in [0.25, 0.3) is 0 Å². The van der Waals surface area contributed by atoms with Crippen molar-refractivity contribution in [2.45, 2.75) is 32.4 Å². The number of nitrogens with one attached hydrogen (secondary N) is 1. The Kier molecular flexibility index (Phi) is 4.59. The molecular formula is C18H21N3O4. The molecule has 0 spiro atoms. The maximum atomic E-state index is 12.2. The summed E-state index contributed by atoms with van der Waals surface area (Å²) in [5.41, 5.74) is 2.44. The van der Waals surface area contributed by atoms with Crippen LogP contribution in [0.4, 0.5) is 5.88 Å². The van der Waals surface area contributed by atoms with Gasteiger partial charge in [0.05, 0.1) is 6.07 Å². The summed E-state index contributed by atoms with van der Waals surface area (Å²) in [5, 5.41) is 13.5. The summed E-state index contributed by atoms with van der Waals surface area (Å²) in [7, 11) is 0. The molecule has 0 saturated carbocycles. The average Bonchev–Trinajstić information content (AvgIpc) is 3.10. The van der Waals surface area contributed by atoms with Gasteiger partial charge < -0.3 is 9.73 Å². The summed E-state index contributed by atoms with van der Waals surface area (Å²) < 4.78 is 4.94. The number of hydrogen-bond acceptors (Lipinski definition) is 5. The van der Waals surface area contributed by atoms with Crippen molar-refractivity contribution >= 4 is 11.8 Å². The Morgan fingerprint density at radius 3 is 2.68 bits per heavy atom. The lowest BCUT2D eigenvalue weighted by molar-refractivity contribution is -0.402. The van der Waals surface area contributed by atoms with E-state index in [1.807, 2.05) is 6.07 Å². The Balaban J connectivity index is 1.61. The van der Waals surface area contributed by atoms with Gasteiger partial charge in [0, 0.05) is 25.2 Å². The van der Waals surface area contributed by atoms with Crippen LogP contribution in [0.5, 0.6) is 0 Å². The summed E-state index contributed by atoms with van der Waals surface area (Å²) in [6.07, 6.45) is 0.984. The molecule has 2 heterocycles. The molecule has 0 aliphatic carbocycles. The number of carbonyl (C=O) groups excluding carboxylic acids is 1. The molecule has 1 aliphatic heterocycles. The molecule has 132 valence electrons. The number of nitro groups is 1. The minimum Gasteiger partial charge on any atom is -0.395 e. The quantitative estimate of drug-likeness (QED) is 0.666. The van der Waals surface area contributed by atoms with E-state index in [9.17, 15) is 14.9 Å². The van der Waals surface area contributed by atoms with Gasteiger partial charge in [0.25, 0.3) is 5.91 Å². The summed E-state index contributed by atoms with van der Waals surface area (Å²) in [6.45, 7) is 6.33. The first-order valence-corrected chi connectivity index (χ1v) is 8.21. The average molecular weight is 343 g/mol. The zero-order valence-corrected chi connectivity index (χ0v) is 14.3. The first-order valence-electron chi connectivity index (χ1n) is 8.21. The maximum absolute atomic E-state index is 12.2. The molecule has 0 bridgehead atoms. The van der Waals surface area contributed by atoms with Crippen molar-refractivity contribution in [2.75, 3.05) is 13.1 Å². The van der Waals surface area contributed by atoms with Crippen LogP contribution in [0, 0.1) is 10.1 Å². The highest BCUT2D eigenvalue weighted by Gasteiger charge is 2.30. The molecule has 3 rings (SSSR count). The molecule has 25 heavy (non-hydrogen) atoms. The van der Waals surface area contributed by atoms with Gasteiger partial charge >= 0.3 is 5.88 Å². The summed E-state index contributed by atoms with van der Waals surface area (Å²) in [4.78, 5) is 24.5. The van der Waals surface area contributed by atoms with E-state index in [1.54, 1.807) is 0 Å². The fraction of sp³-hybridized carbons (Fsp3) is 0.389. The fourth-order valence-corrected chi connectivity index (χ4v) is 3.06. The summed E-state index contributed by atoms with van der Waals surface area (Å²) in [6, 6.07) is 10.9. The predicted octanol–water partition coefficient (Wildman–Crippen LogP) is 2.75. The molecule has 0 unspecified atom stereocenters. The topological polar surface area (TPSA) is 88.6 Å². The zero-order valence-electron chi connectivity index (χ0n) is 14.3. The van der Waals surface area contributed by atoms with E-state index >= 15 is 0 Å². The van der Waals surface area contributed by atoms with Crippen molar-refractivity contribution in [3.63, 3.8) is 0 Å². The molecule has 1 aromatic heterocycles. The third-order valence-corrected chi connectivity index (χ3v) is 4.66. The van der Waals surface area contributed by atoms with Crippen molar-refractivity contribution in [3.05, 3.63) is 63.4 Å². The van der Waals surface area contributed by atoms with E-state index in [2.05, 4.69) is 42.3 Å². The number of amides is 1. The van der Waals surface area contributed by atoms with Crippen molar-refractivity contribution < 1.29 is 14.1 Å². The molecule has 0 saturated heterocycles. The number of fused-ring (bicyclic) bond motifs is 1. The molecule has 0 atom stereocenters. The largest absolute Gasteiger partial charge is 0.433 e. The molecule has 7 heteroatoms. The van der Waals surface area contributed by atoms with E-state index in [0.717, 1.165) is 19.5 Å². The molecule has 1 aliphatic rings. The minimum atomic E-state index is -0.661. The number of furan rings is 1. The normalized spacial score (nSPS) is 14.8. The van der Waals surface area contributed by atoms with Crippen LogP contribution in [0.2, 0.25) is 0 Å². The monoisotopic (exact) mass is 343 g/mol. The van der Waals surface area contributed by atoms with E-state index in [1.165, 1.54) is 23.3 Å². The van der Waals surface area contributed by atoms with Gasteiger partial charge in [0.2, 0.25) is 0 Å². The highest BCUT2D eigenvalue weighted by atomic mass is 16.6. The predicted molar refractivity (Wildman–Crippen MR) is 92.3 cm³/mol. The van der Waals surface area contributed by atoms with Gasteiger partial charge in [-0.3, -0.25) is 19.8 Å². The molecule has 7 nitrogen and oxygen atoms in total. The zero-order chi connectivity index (χ0) is 18.0. The number of hydrogen-bond donors (Lipinski definition) is 1. The van der Waals surface area contributed by atoms with Gasteiger partial charge in [-0.25, -0.2) is 0 Å². The van der Waals surface area contributed by atoms with Crippen LogP contribution in [-0.2, 0) is 13.0 Å². The second kappa shape index (κ2) is 6.68. The molecule has 2 aromatic rings. The first-order chi connectivity index (χ1) is 11.9. The van der Waals surface area contributed by atoms with Crippen molar-refractivity contribution in [1.82, 2.24) is 10.2 Å². The van der Waals surface area contributed by atoms with Crippen LogP contribution < -0.4 is 5.32 Å². The lowest BCUT2D eigenvalue weighted by atomic mass is 9.94. The van der Waals surface area contributed by atoms with Crippen molar-refractivity contribution in [3.8, 4) is 0 Å². The van der Waals surface area contributed by atoms with Gasteiger partial charge in [0.15, 0.2) is 5.76 Å². The van der Waals surface area contributed by atoms with Crippen LogP contribution in [0.1, 0.15) is 35.5 Å². The highest BCUT2D eigenvalue weighted by molar-refractivity contribution is 5.91. The number of carbonyl (C=O) groups is 1. The standard InChI is InChI=1S/C18H21N3O4/c1-18(2,20-10-9-13-5-3-4-6-14(13)11-20)12-19-17(22)15-7-8-16(25-15)21(23)24/h3-8H,9-12H2,1-2H3,(H,19,22). The number of benzene rings is 1. The summed E-state index contributed by atoms with van der Waals surface area (Å²) in [5.74, 6) is -0.929.